The highest BCUT2D eigenvalue weighted by molar-refractivity contribution is 9.10. The van der Waals surface area contributed by atoms with E-state index in [1.54, 1.807) is 0 Å². The Morgan fingerprint density at radius 1 is 1.50 bits per heavy atom. The summed E-state index contributed by atoms with van der Waals surface area (Å²) in [5, 5.41) is 12.6. The molecule has 0 saturated carbocycles. The van der Waals surface area contributed by atoms with Crippen molar-refractivity contribution in [1.82, 2.24) is 5.32 Å². The average molecular weight is 285 g/mol. The zero-order valence-electron chi connectivity index (χ0n) is 9.19. The maximum Gasteiger partial charge on any atom is 0.0601 e. The molecule has 2 N–H and O–H groups in total. The summed E-state index contributed by atoms with van der Waals surface area (Å²) in [5.74, 6) is 0. The maximum absolute atomic E-state index is 9.24. The monoisotopic (exact) mass is 284 g/mol. The molecule has 0 bridgehead atoms. The minimum Gasteiger partial charge on any atom is -0.395 e. The van der Waals surface area contributed by atoms with Crippen molar-refractivity contribution in [2.75, 3.05) is 31.1 Å². The van der Waals surface area contributed by atoms with Crippen LogP contribution >= 0.6 is 15.9 Å². The number of rotatable bonds is 2. The number of nitrogens with zero attached hydrogens (tertiary/aromatic N) is 1. The van der Waals surface area contributed by atoms with Crippen molar-refractivity contribution < 1.29 is 5.11 Å². The lowest BCUT2D eigenvalue weighted by atomic mass is 10.2. The van der Waals surface area contributed by atoms with Crippen LogP contribution in [0.4, 0.5) is 5.69 Å². The van der Waals surface area contributed by atoms with Crippen LogP contribution in [0.2, 0.25) is 0 Å². The Labute approximate surface area is 105 Å². The van der Waals surface area contributed by atoms with Crippen LogP contribution in [-0.2, 0) is 0 Å². The molecule has 1 unspecified atom stereocenters. The highest BCUT2D eigenvalue weighted by Crippen LogP contribution is 2.21. The molecule has 1 aliphatic rings. The van der Waals surface area contributed by atoms with Gasteiger partial charge in [0.25, 0.3) is 0 Å². The second-order valence-corrected chi connectivity index (χ2v) is 5.03. The zero-order valence-corrected chi connectivity index (χ0v) is 10.8. The van der Waals surface area contributed by atoms with E-state index in [9.17, 15) is 5.11 Å². The van der Waals surface area contributed by atoms with Crippen molar-refractivity contribution >= 4 is 21.6 Å². The number of anilines is 1. The summed E-state index contributed by atoms with van der Waals surface area (Å²) in [6, 6.07) is 8.50. The molecule has 2 rings (SSSR count). The quantitative estimate of drug-likeness (QED) is 0.866. The molecule has 0 spiro atoms. The molecule has 0 aromatic heterocycles. The van der Waals surface area contributed by atoms with E-state index in [0.717, 1.165) is 30.5 Å². The van der Waals surface area contributed by atoms with Crippen LogP contribution in [0.3, 0.4) is 0 Å². The third-order valence-electron chi connectivity index (χ3n) is 2.87. The van der Waals surface area contributed by atoms with Gasteiger partial charge in [-0.2, -0.15) is 0 Å². The molecule has 4 heteroatoms. The van der Waals surface area contributed by atoms with E-state index in [2.05, 4.69) is 38.3 Å². The van der Waals surface area contributed by atoms with Crippen LogP contribution in [0.5, 0.6) is 0 Å². The van der Waals surface area contributed by atoms with Gasteiger partial charge in [0, 0.05) is 29.3 Å². The normalized spacial score (nSPS) is 21.9. The van der Waals surface area contributed by atoms with Crippen LogP contribution in [0.1, 0.15) is 6.42 Å². The molecule has 1 heterocycles. The van der Waals surface area contributed by atoms with Crippen LogP contribution in [0.25, 0.3) is 0 Å². The first-order valence-electron chi connectivity index (χ1n) is 5.64. The van der Waals surface area contributed by atoms with E-state index in [0.29, 0.717) is 0 Å². The van der Waals surface area contributed by atoms with Gasteiger partial charge in [-0.3, -0.25) is 0 Å². The second-order valence-electron chi connectivity index (χ2n) is 4.11. The van der Waals surface area contributed by atoms with Gasteiger partial charge >= 0.3 is 0 Å². The fraction of sp³-hybridized carbons (Fsp3) is 0.500. The van der Waals surface area contributed by atoms with Gasteiger partial charge < -0.3 is 15.3 Å². The predicted molar refractivity (Wildman–Crippen MR) is 69.8 cm³/mol. The minimum atomic E-state index is 0.182. The number of aliphatic hydroxyl groups excluding tert-OH is 1. The van der Waals surface area contributed by atoms with E-state index < -0.39 is 0 Å². The van der Waals surface area contributed by atoms with Crippen LogP contribution in [0, 0.1) is 0 Å². The molecule has 16 heavy (non-hydrogen) atoms. The van der Waals surface area contributed by atoms with E-state index in [-0.39, 0.29) is 12.6 Å². The van der Waals surface area contributed by atoms with Gasteiger partial charge in [0.15, 0.2) is 0 Å². The minimum absolute atomic E-state index is 0.182. The Balaban J connectivity index is 2.12. The molecule has 1 aromatic carbocycles. The zero-order chi connectivity index (χ0) is 11.4. The molecule has 88 valence electrons. The van der Waals surface area contributed by atoms with E-state index >= 15 is 0 Å². The first-order valence-corrected chi connectivity index (χ1v) is 6.43. The molecular weight excluding hydrogens is 268 g/mol. The van der Waals surface area contributed by atoms with Gasteiger partial charge in [-0.15, -0.1) is 0 Å². The summed E-state index contributed by atoms with van der Waals surface area (Å²) >= 11 is 3.49. The smallest absolute Gasteiger partial charge is 0.0601 e. The number of benzene rings is 1. The first-order chi connectivity index (χ1) is 7.79. The molecule has 1 aliphatic heterocycles. The van der Waals surface area contributed by atoms with Crippen molar-refractivity contribution in [2.45, 2.75) is 12.5 Å². The van der Waals surface area contributed by atoms with Crippen LogP contribution in [-0.4, -0.2) is 37.4 Å². The summed E-state index contributed by atoms with van der Waals surface area (Å²) < 4.78 is 1.10. The number of hydrogen-bond donors (Lipinski definition) is 2. The molecular formula is C12H17BrN2O. The average Bonchev–Trinajstić information content (AvgIpc) is 2.54. The molecule has 0 radical (unpaired) electrons. The summed E-state index contributed by atoms with van der Waals surface area (Å²) in [6.45, 7) is 3.09. The summed E-state index contributed by atoms with van der Waals surface area (Å²) in [5.41, 5.74) is 1.22. The number of hydrogen-bond acceptors (Lipinski definition) is 3. The molecule has 3 nitrogen and oxygen atoms in total. The van der Waals surface area contributed by atoms with Gasteiger partial charge in [0.1, 0.15) is 0 Å². The molecule has 0 amide bonds. The van der Waals surface area contributed by atoms with E-state index in [1.165, 1.54) is 5.69 Å². The van der Waals surface area contributed by atoms with Crippen molar-refractivity contribution in [3.8, 4) is 0 Å². The molecule has 1 saturated heterocycles. The lowest BCUT2D eigenvalue weighted by Gasteiger charge is -2.25. The Hall–Kier alpha value is -0.580. The Kier molecular flexibility index (Phi) is 4.21. The molecule has 1 aromatic rings. The predicted octanol–water partition coefficient (Wildman–Crippen LogP) is 1.61. The fourth-order valence-electron chi connectivity index (χ4n) is 2.03. The lowest BCUT2D eigenvalue weighted by molar-refractivity contribution is 0.248. The number of nitrogens with one attached hydrogen (secondary N) is 1. The number of halogens is 1. The molecule has 1 atom stereocenters. The van der Waals surface area contributed by atoms with Crippen LogP contribution in [0.15, 0.2) is 28.7 Å². The third kappa shape index (κ3) is 2.97. The Morgan fingerprint density at radius 3 is 3.12 bits per heavy atom. The van der Waals surface area contributed by atoms with Gasteiger partial charge in [0.05, 0.1) is 6.61 Å². The first kappa shape index (κ1) is 11.9. The SMILES string of the molecule is OCC1CN(c2cccc(Br)c2)CCCN1. The Bertz CT molecular complexity index is 346. The summed E-state index contributed by atoms with van der Waals surface area (Å²) in [6.07, 6.45) is 1.11. The third-order valence-corrected chi connectivity index (χ3v) is 3.37. The van der Waals surface area contributed by atoms with Gasteiger partial charge in [-0.1, -0.05) is 22.0 Å². The maximum atomic E-state index is 9.24. The molecule has 1 fully saturated rings. The van der Waals surface area contributed by atoms with E-state index in [4.69, 9.17) is 0 Å². The second kappa shape index (κ2) is 5.66. The van der Waals surface area contributed by atoms with Crippen molar-refractivity contribution in [2.24, 2.45) is 0 Å². The standard InChI is InChI=1S/C12H17BrN2O/c13-10-3-1-4-12(7-10)15-6-2-5-14-11(8-15)9-16/h1,3-4,7,11,14,16H,2,5-6,8-9H2. The van der Waals surface area contributed by atoms with E-state index in [1.807, 2.05) is 12.1 Å². The summed E-state index contributed by atoms with van der Waals surface area (Å²) in [7, 11) is 0. The largest absolute Gasteiger partial charge is 0.395 e. The van der Waals surface area contributed by atoms with Crippen molar-refractivity contribution in [3.63, 3.8) is 0 Å². The lowest BCUT2D eigenvalue weighted by Crippen LogP contribution is -2.40. The van der Waals surface area contributed by atoms with Crippen LogP contribution < -0.4 is 10.2 Å². The van der Waals surface area contributed by atoms with Crippen molar-refractivity contribution in [3.05, 3.63) is 28.7 Å². The Morgan fingerprint density at radius 2 is 2.38 bits per heavy atom. The highest BCUT2D eigenvalue weighted by Gasteiger charge is 2.16. The van der Waals surface area contributed by atoms with Gasteiger partial charge in [0.2, 0.25) is 0 Å². The summed E-state index contributed by atoms with van der Waals surface area (Å²) in [4.78, 5) is 2.33. The van der Waals surface area contributed by atoms with Crippen molar-refractivity contribution in [1.29, 1.82) is 0 Å². The highest BCUT2D eigenvalue weighted by atomic mass is 79.9. The number of aliphatic hydroxyl groups is 1. The topological polar surface area (TPSA) is 35.5 Å². The molecule has 0 aliphatic carbocycles. The fourth-order valence-corrected chi connectivity index (χ4v) is 2.41. The van der Waals surface area contributed by atoms with Gasteiger partial charge in [-0.05, 0) is 31.2 Å². The van der Waals surface area contributed by atoms with Gasteiger partial charge in [-0.25, -0.2) is 0 Å².